The van der Waals surface area contributed by atoms with E-state index in [2.05, 4.69) is 10.4 Å². The van der Waals surface area contributed by atoms with Crippen molar-refractivity contribution in [1.82, 2.24) is 15.1 Å². The molecule has 0 bridgehead atoms. The molecule has 0 unspecified atom stereocenters. The molecule has 1 saturated carbocycles. The monoisotopic (exact) mass is 317 g/mol. The number of hydrogen-bond donors (Lipinski definition) is 2. The van der Waals surface area contributed by atoms with Crippen LogP contribution in [0, 0.1) is 0 Å². The van der Waals surface area contributed by atoms with Gasteiger partial charge in [-0.2, -0.15) is 0 Å². The van der Waals surface area contributed by atoms with Gasteiger partial charge in [0.25, 0.3) is 17.0 Å². The summed E-state index contributed by atoms with van der Waals surface area (Å²) in [5, 5.41) is 5.48. The molecule has 0 atom stereocenters. The average Bonchev–Trinajstić information content (AvgIpc) is 3.34. The number of hydrogen-bond acceptors (Lipinski definition) is 5. The van der Waals surface area contributed by atoms with Gasteiger partial charge >= 0.3 is 5.97 Å². The molecule has 2 N–H and O–H groups in total. The Bertz CT molecular complexity index is 879. The molecule has 1 aromatic carbocycles. The Hall–Kier alpha value is -2.90. The number of amides is 1. The fraction of sp³-hybridized carbons (Fsp3) is 0.333. The van der Waals surface area contributed by atoms with Crippen molar-refractivity contribution in [2.75, 3.05) is 6.61 Å². The molecule has 8 heteroatoms. The zero-order chi connectivity index (χ0) is 16.4. The Kier molecular flexibility index (Phi) is 3.96. The molecule has 1 fully saturated rings. The fourth-order valence-corrected chi connectivity index (χ4v) is 2.18. The first-order chi connectivity index (χ1) is 11.0. The molecule has 1 aliphatic rings. The number of aromatic nitrogens is 2. The van der Waals surface area contributed by atoms with Crippen molar-refractivity contribution in [3.8, 4) is 0 Å². The van der Waals surface area contributed by atoms with Gasteiger partial charge in [-0.05, 0) is 25.0 Å². The standard InChI is InChI=1S/C15H15N3O5/c19-12(16-9-5-6-9)8-23-13(20)7-18-15(22)11-4-2-1-3-10(11)14(21)17-18/h1-4,9H,5-8H2,(H,16,19)(H,17,21). The van der Waals surface area contributed by atoms with Gasteiger partial charge in [-0.1, -0.05) is 12.1 Å². The van der Waals surface area contributed by atoms with Gasteiger partial charge in [0, 0.05) is 6.04 Å². The van der Waals surface area contributed by atoms with Crippen LogP contribution in [0.1, 0.15) is 12.8 Å². The maximum absolute atomic E-state index is 12.2. The van der Waals surface area contributed by atoms with Crippen LogP contribution in [0.25, 0.3) is 10.8 Å². The molecule has 23 heavy (non-hydrogen) atoms. The number of aromatic amines is 1. The summed E-state index contributed by atoms with van der Waals surface area (Å²) >= 11 is 0. The minimum absolute atomic E-state index is 0.181. The molecule has 1 heterocycles. The van der Waals surface area contributed by atoms with Crippen molar-refractivity contribution >= 4 is 22.6 Å². The normalized spacial score (nSPS) is 13.7. The summed E-state index contributed by atoms with van der Waals surface area (Å²) in [7, 11) is 0. The van der Waals surface area contributed by atoms with Crippen molar-refractivity contribution in [3.05, 3.63) is 45.0 Å². The molecule has 0 aliphatic heterocycles. The number of benzene rings is 1. The highest BCUT2D eigenvalue weighted by atomic mass is 16.5. The summed E-state index contributed by atoms with van der Waals surface area (Å²) in [6.45, 7) is -0.864. The van der Waals surface area contributed by atoms with Gasteiger partial charge in [0.2, 0.25) is 0 Å². The summed E-state index contributed by atoms with van der Waals surface area (Å²) in [6.07, 6.45) is 1.88. The lowest BCUT2D eigenvalue weighted by atomic mass is 10.2. The van der Waals surface area contributed by atoms with Gasteiger partial charge in [-0.15, -0.1) is 0 Å². The molecular weight excluding hydrogens is 302 g/mol. The number of ether oxygens (including phenoxy) is 1. The second kappa shape index (κ2) is 6.07. The van der Waals surface area contributed by atoms with E-state index in [1.807, 2.05) is 0 Å². The lowest BCUT2D eigenvalue weighted by Crippen LogP contribution is -2.35. The maximum atomic E-state index is 12.2. The fourth-order valence-electron chi connectivity index (χ4n) is 2.18. The molecular formula is C15H15N3O5. The first kappa shape index (κ1) is 15.0. The van der Waals surface area contributed by atoms with Crippen molar-refractivity contribution in [2.24, 2.45) is 0 Å². The predicted molar refractivity (Wildman–Crippen MR) is 81.0 cm³/mol. The molecule has 2 aromatic rings. The Morgan fingerprint density at radius 2 is 1.91 bits per heavy atom. The molecule has 1 amide bonds. The molecule has 0 radical (unpaired) electrons. The van der Waals surface area contributed by atoms with Gasteiger partial charge in [-0.25, -0.2) is 4.68 Å². The summed E-state index contributed by atoms with van der Waals surface area (Å²) < 4.78 is 5.69. The lowest BCUT2D eigenvalue weighted by Gasteiger charge is -2.08. The van der Waals surface area contributed by atoms with E-state index in [9.17, 15) is 19.2 Å². The number of esters is 1. The molecule has 8 nitrogen and oxygen atoms in total. The minimum atomic E-state index is -0.774. The van der Waals surface area contributed by atoms with Crippen LogP contribution in [0.2, 0.25) is 0 Å². The third kappa shape index (κ3) is 3.47. The highest BCUT2D eigenvalue weighted by Gasteiger charge is 2.23. The van der Waals surface area contributed by atoms with Gasteiger partial charge < -0.3 is 10.1 Å². The average molecular weight is 317 g/mol. The van der Waals surface area contributed by atoms with Crippen LogP contribution < -0.4 is 16.4 Å². The minimum Gasteiger partial charge on any atom is -0.454 e. The molecule has 1 aromatic heterocycles. The van der Waals surface area contributed by atoms with Crippen molar-refractivity contribution in [2.45, 2.75) is 25.4 Å². The molecule has 1 aliphatic carbocycles. The number of carbonyl (C=O) groups excluding carboxylic acids is 2. The first-order valence-electron chi connectivity index (χ1n) is 7.21. The van der Waals surface area contributed by atoms with Gasteiger partial charge in [-0.3, -0.25) is 24.3 Å². The van der Waals surface area contributed by atoms with Crippen LogP contribution in [0.4, 0.5) is 0 Å². The Balaban J connectivity index is 1.69. The van der Waals surface area contributed by atoms with E-state index in [-0.39, 0.29) is 22.7 Å². The third-order valence-corrected chi connectivity index (χ3v) is 3.48. The van der Waals surface area contributed by atoms with Crippen LogP contribution in [0.15, 0.2) is 33.9 Å². The third-order valence-electron chi connectivity index (χ3n) is 3.48. The summed E-state index contributed by atoms with van der Waals surface area (Å²) in [5.74, 6) is -1.15. The van der Waals surface area contributed by atoms with E-state index in [1.54, 1.807) is 12.1 Å². The number of carbonyl (C=O) groups is 2. The van der Waals surface area contributed by atoms with Crippen molar-refractivity contribution in [3.63, 3.8) is 0 Å². The highest BCUT2D eigenvalue weighted by Crippen LogP contribution is 2.18. The van der Waals surface area contributed by atoms with Gasteiger partial charge in [0.15, 0.2) is 6.61 Å². The van der Waals surface area contributed by atoms with Crippen LogP contribution in [-0.2, 0) is 20.9 Å². The molecule has 3 rings (SSSR count). The maximum Gasteiger partial charge on any atom is 0.328 e. The van der Waals surface area contributed by atoms with E-state index in [4.69, 9.17) is 4.74 Å². The quantitative estimate of drug-likeness (QED) is 0.723. The van der Waals surface area contributed by atoms with Crippen LogP contribution in [-0.4, -0.2) is 34.3 Å². The second-order valence-electron chi connectivity index (χ2n) is 5.38. The number of nitrogens with zero attached hydrogens (tertiary/aromatic N) is 1. The zero-order valence-corrected chi connectivity index (χ0v) is 12.2. The molecule has 0 spiro atoms. The SMILES string of the molecule is O=C(COC(=O)Cn1[nH]c(=O)c2ccccc2c1=O)NC1CC1. The lowest BCUT2D eigenvalue weighted by molar-refractivity contribution is -0.149. The predicted octanol–water partition coefficient (Wildman–Crippen LogP) is -0.488. The largest absolute Gasteiger partial charge is 0.454 e. The summed E-state index contributed by atoms with van der Waals surface area (Å²) in [4.78, 5) is 47.3. The Labute approximate surface area is 130 Å². The zero-order valence-electron chi connectivity index (χ0n) is 12.2. The summed E-state index contributed by atoms with van der Waals surface area (Å²) in [5.41, 5.74) is -0.973. The second-order valence-corrected chi connectivity index (χ2v) is 5.38. The van der Waals surface area contributed by atoms with Crippen LogP contribution in [0.5, 0.6) is 0 Å². The van der Waals surface area contributed by atoms with Gasteiger partial charge in [0.1, 0.15) is 6.54 Å². The smallest absolute Gasteiger partial charge is 0.328 e. The van der Waals surface area contributed by atoms with Crippen LogP contribution >= 0.6 is 0 Å². The van der Waals surface area contributed by atoms with E-state index >= 15 is 0 Å². The van der Waals surface area contributed by atoms with Crippen molar-refractivity contribution in [1.29, 1.82) is 0 Å². The molecule has 120 valence electrons. The van der Waals surface area contributed by atoms with E-state index in [1.165, 1.54) is 12.1 Å². The topological polar surface area (TPSA) is 110 Å². The van der Waals surface area contributed by atoms with E-state index < -0.39 is 30.2 Å². The number of H-pyrrole nitrogens is 1. The molecule has 0 saturated heterocycles. The Morgan fingerprint density at radius 1 is 1.22 bits per heavy atom. The van der Waals surface area contributed by atoms with Crippen LogP contribution in [0.3, 0.4) is 0 Å². The number of rotatable bonds is 5. The number of fused-ring (bicyclic) bond motifs is 1. The van der Waals surface area contributed by atoms with Gasteiger partial charge in [0.05, 0.1) is 10.8 Å². The highest BCUT2D eigenvalue weighted by molar-refractivity contribution is 5.82. The van der Waals surface area contributed by atoms with E-state index in [0.717, 1.165) is 17.5 Å². The Morgan fingerprint density at radius 3 is 2.61 bits per heavy atom. The van der Waals surface area contributed by atoms with E-state index in [0.29, 0.717) is 0 Å². The summed E-state index contributed by atoms with van der Waals surface area (Å²) in [6, 6.07) is 6.50. The number of nitrogens with one attached hydrogen (secondary N) is 2. The van der Waals surface area contributed by atoms with Crippen molar-refractivity contribution < 1.29 is 14.3 Å². The first-order valence-corrected chi connectivity index (χ1v) is 7.21.